The van der Waals surface area contributed by atoms with Crippen molar-refractivity contribution >= 4 is 5.95 Å². The molecule has 0 saturated carbocycles. The van der Waals surface area contributed by atoms with E-state index in [0.717, 1.165) is 28.8 Å². The van der Waals surface area contributed by atoms with E-state index in [1.165, 1.54) is 17.7 Å². The zero-order chi connectivity index (χ0) is 21.5. The van der Waals surface area contributed by atoms with Gasteiger partial charge in [0.05, 0.1) is 18.4 Å². The molecule has 7 heteroatoms. The van der Waals surface area contributed by atoms with Crippen LogP contribution in [0.15, 0.2) is 73.2 Å². The number of anilines is 1. The Balaban J connectivity index is 1.65. The average Bonchev–Trinajstić information content (AvgIpc) is 3.26. The van der Waals surface area contributed by atoms with Crippen molar-refractivity contribution in [1.82, 2.24) is 19.7 Å². The predicted molar refractivity (Wildman–Crippen MR) is 119 cm³/mol. The molecule has 31 heavy (non-hydrogen) atoms. The highest BCUT2D eigenvalue weighted by Crippen LogP contribution is 2.31. The Kier molecular flexibility index (Phi) is 6.64. The van der Waals surface area contributed by atoms with Gasteiger partial charge in [0.25, 0.3) is 0 Å². The fourth-order valence-corrected chi connectivity index (χ4v) is 3.29. The number of rotatable bonds is 9. The normalized spacial score (nSPS) is 10.9. The summed E-state index contributed by atoms with van der Waals surface area (Å²) in [5, 5.41) is 7.75. The first-order valence-corrected chi connectivity index (χ1v) is 10.2. The minimum Gasteiger partial charge on any atom is -0.385 e. The summed E-state index contributed by atoms with van der Waals surface area (Å²) in [5.74, 6) is 0.256. The van der Waals surface area contributed by atoms with Gasteiger partial charge in [-0.2, -0.15) is 5.10 Å². The number of ether oxygens (including phenoxy) is 1. The molecule has 0 bridgehead atoms. The molecule has 0 saturated heterocycles. The molecule has 4 rings (SSSR count). The van der Waals surface area contributed by atoms with Crippen LogP contribution >= 0.6 is 0 Å². The molecule has 0 amide bonds. The van der Waals surface area contributed by atoms with Crippen molar-refractivity contribution in [3.8, 4) is 22.4 Å². The van der Waals surface area contributed by atoms with Gasteiger partial charge in [-0.25, -0.2) is 14.4 Å². The number of hydrogen-bond acceptors (Lipinski definition) is 5. The third-order valence-electron chi connectivity index (χ3n) is 4.85. The summed E-state index contributed by atoms with van der Waals surface area (Å²) in [5.41, 5.74) is 4.45. The van der Waals surface area contributed by atoms with E-state index in [1.54, 1.807) is 31.6 Å². The van der Waals surface area contributed by atoms with Crippen LogP contribution in [0.25, 0.3) is 22.4 Å². The number of aromatic nitrogens is 4. The van der Waals surface area contributed by atoms with Crippen molar-refractivity contribution in [1.29, 1.82) is 0 Å². The summed E-state index contributed by atoms with van der Waals surface area (Å²) in [6, 6.07) is 16.5. The first-order valence-electron chi connectivity index (χ1n) is 10.2. The minimum atomic E-state index is -0.279. The topological polar surface area (TPSA) is 64.9 Å². The van der Waals surface area contributed by atoms with Crippen molar-refractivity contribution in [3.63, 3.8) is 0 Å². The third-order valence-corrected chi connectivity index (χ3v) is 4.85. The second-order valence-corrected chi connectivity index (χ2v) is 7.15. The molecular weight excluding hydrogens is 393 g/mol. The Hall–Kier alpha value is -3.58. The number of nitrogens with zero attached hydrogens (tertiary/aromatic N) is 4. The van der Waals surface area contributed by atoms with Gasteiger partial charge in [0.15, 0.2) is 0 Å². The van der Waals surface area contributed by atoms with Crippen LogP contribution in [0.5, 0.6) is 0 Å². The van der Waals surface area contributed by atoms with Gasteiger partial charge in [-0.1, -0.05) is 42.5 Å². The van der Waals surface area contributed by atoms with Crippen molar-refractivity contribution in [2.45, 2.75) is 13.0 Å². The lowest BCUT2D eigenvalue weighted by molar-refractivity contribution is 0.197. The van der Waals surface area contributed by atoms with E-state index < -0.39 is 0 Å². The molecule has 158 valence electrons. The molecule has 0 radical (unpaired) electrons. The Morgan fingerprint density at radius 1 is 1.00 bits per heavy atom. The number of halogens is 1. The summed E-state index contributed by atoms with van der Waals surface area (Å²) in [6.07, 6.45) is 6.39. The van der Waals surface area contributed by atoms with E-state index in [-0.39, 0.29) is 5.82 Å². The molecule has 0 spiro atoms. The highest BCUT2D eigenvalue weighted by atomic mass is 19.1. The van der Waals surface area contributed by atoms with Crippen LogP contribution in [0.4, 0.5) is 10.3 Å². The summed E-state index contributed by atoms with van der Waals surface area (Å²) in [6.45, 7) is 2.04. The van der Waals surface area contributed by atoms with Gasteiger partial charge >= 0.3 is 0 Å². The zero-order valence-corrected chi connectivity index (χ0v) is 17.3. The van der Waals surface area contributed by atoms with E-state index in [0.29, 0.717) is 25.6 Å². The smallest absolute Gasteiger partial charge is 0.223 e. The van der Waals surface area contributed by atoms with Crippen LogP contribution in [-0.2, 0) is 11.3 Å². The van der Waals surface area contributed by atoms with E-state index in [1.807, 2.05) is 29.1 Å². The first kappa shape index (κ1) is 20.7. The maximum absolute atomic E-state index is 13.4. The predicted octanol–water partition coefficient (Wildman–Crippen LogP) is 4.64. The van der Waals surface area contributed by atoms with Crippen molar-refractivity contribution in [2.75, 3.05) is 25.6 Å². The molecule has 4 aromatic rings. The molecule has 6 nitrogen and oxygen atoms in total. The lowest BCUT2D eigenvalue weighted by Gasteiger charge is -2.11. The van der Waals surface area contributed by atoms with Gasteiger partial charge in [-0.3, -0.25) is 4.68 Å². The molecule has 0 fully saturated rings. The molecule has 2 heterocycles. The Morgan fingerprint density at radius 3 is 2.58 bits per heavy atom. The first-order chi connectivity index (χ1) is 15.2. The molecule has 0 aliphatic heterocycles. The number of methoxy groups -OCH3 is 1. The number of benzene rings is 2. The monoisotopic (exact) mass is 417 g/mol. The van der Waals surface area contributed by atoms with E-state index in [9.17, 15) is 4.39 Å². The van der Waals surface area contributed by atoms with Gasteiger partial charge in [-0.05, 0) is 29.7 Å². The van der Waals surface area contributed by atoms with Crippen LogP contribution in [-0.4, -0.2) is 40.0 Å². The fourth-order valence-electron chi connectivity index (χ4n) is 3.29. The van der Waals surface area contributed by atoms with Crippen LogP contribution in [0.1, 0.15) is 12.0 Å². The van der Waals surface area contributed by atoms with Gasteiger partial charge in [-0.15, -0.1) is 0 Å². The fraction of sp³-hybridized carbons (Fsp3) is 0.208. The number of nitrogens with one attached hydrogen (secondary N) is 1. The highest BCUT2D eigenvalue weighted by Gasteiger charge is 2.14. The molecule has 0 atom stereocenters. The summed E-state index contributed by atoms with van der Waals surface area (Å²) in [4.78, 5) is 9.20. The lowest BCUT2D eigenvalue weighted by atomic mass is 10.0. The van der Waals surface area contributed by atoms with Crippen LogP contribution in [0, 0.1) is 5.82 Å². The maximum atomic E-state index is 13.4. The van der Waals surface area contributed by atoms with Crippen LogP contribution < -0.4 is 5.32 Å². The van der Waals surface area contributed by atoms with Crippen LogP contribution in [0.3, 0.4) is 0 Å². The quantitative estimate of drug-likeness (QED) is 0.402. The molecule has 0 aliphatic carbocycles. The average molecular weight is 417 g/mol. The van der Waals surface area contributed by atoms with Crippen molar-refractivity contribution < 1.29 is 9.13 Å². The van der Waals surface area contributed by atoms with Crippen molar-refractivity contribution in [2.24, 2.45) is 0 Å². The summed E-state index contributed by atoms with van der Waals surface area (Å²) >= 11 is 0. The van der Waals surface area contributed by atoms with Gasteiger partial charge < -0.3 is 10.1 Å². The van der Waals surface area contributed by atoms with Gasteiger partial charge in [0, 0.05) is 43.8 Å². The van der Waals surface area contributed by atoms with E-state index >= 15 is 0 Å². The van der Waals surface area contributed by atoms with Gasteiger partial charge in [0.1, 0.15) is 5.82 Å². The van der Waals surface area contributed by atoms with Crippen molar-refractivity contribution in [3.05, 3.63) is 84.6 Å². The SMILES string of the molecule is COCCCNc1ncc(-c2ccc(F)cc2)c(-c2cnn(Cc3ccccc3)c2)n1. The van der Waals surface area contributed by atoms with Gasteiger partial charge in [0.2, 0.25) is 5.95 Å². The standard InChI is InChI=1S/C24H24FN5O/c1-31-13-5-12-26-24-27-15-22(19-8-10-21(25)11-9-19)23(29-24)20-14-28-30(17-20)16-18-6-3-2-4-7-18/h2-4,6-11,14-15,17H,5,12-13,16H2,1H3,(H,26,27,29). The molecule has 2 aromatic carbocycles. The Bertz CT molecular complexity index is 1110. The third kappa shape index (κ3) is 5.32. The minimum absolute atomic E-state index is 0.279. The second kappa shape index (κ2) is 9.95. The number of hydrogen-bond donors (Lipinski definition) is 1. The van der Waals surface area contributed by atoms with E-state index in [4.69, 9.17) is 9.72 Å². The summed E-state index contributed by atoms with van der Waals surface area (Å²) < 4.78 is 20.4. The molecule has 0 aliphatic rings. The molecule has 2 aromatic heterocycles. The van der Waals surface area contributed by atoms with Crippen LogP contribution in [0.2, 0.25) is 0 Å². The highest BCUT2D eigenvalue weighted by molar-refractivity contribution is 5.80. The zero-order valence-electron chi connectivity index (χ0n) is 17.3. The Labute approximate surface area is 180 Å². The Morgan fingerprint density at radius 2 is 1.81 bits per heavy atom. The van der Waals surface area contributed by atoms with E-state index in [2.05, 4.69) is 27.5 Å². The molecule has 0 unspecified atom stereocenters. The summed E-state index contributed by atoms with van der Waals surface area (Å²) in [7, 11) is 1.68. The molecule has 1 N–H and O–H groups in total. The molecular formula is C24H24FN5O. The lowest BCUT2D eigenvalue weighted by Crippen LogP contribution is -2.08. The maximum Gasteiger partial charge on any atom is 0.223 e. The largest absolute Gasteiger partial charge is 0.385 e. The second-order valence-electron chi connectivity index (χ2n) is 7.15.